The molecule has 34 heavy (non-hydrogen) atoms. The molecule has 2 aromatic carbocycles. The zero-order valence-electron chi connectivity index (χ0n) is 18.6. The first-order valence-corrected chi connectivity index (χ1v) is 10.8. The molecule has 174 valence electrons. The van der Waals surface area contributed by atoms with Crippen LogP contribution < -0.4 is 10.6 Å². The fourth-order valence-corrected chi connectivity index (χ4v) is 3.12. The van der Waals surface area contributed by atoms with Gasteiger partial charge in [0.2, 0.25) is 5.78 Å². The lowest BCUT2D eigenvalue weighted by Crippen LogP contribution is -2.51. The van der Waals surface area contributed by atoms with Crippen molar-refractivity contribution in [3.63, 3.8) is 0 Å². The van der Waals surface area contributed by atoms with E-state index in [4.69, 9.17) is 4.74 Å². The van der Waals surface area contributed by atoms with Crippen LogP contribution in [0, 0.1) is 0 Å². The molecule has 3 aromatic rings. The van der Waals surface area contributed by atoms with Crippen LogP contribution in [0.15, 0.2) is 85.1 Å². The fourth-order valence-electron chi connectivity index (χ4n) is 3.12. The first-order valence-electron chi connectivity index (χ1n) is 10.8. The molecule has 0 aliphatic carbocycles. The second kappa shape index (κ2) is 12.1. The van der Waals surface area contributed by atoms with Gasteiger partial charge in [0.15, 0.2) is 6.10 Å². The third-order valence-electron chi connectivity index (χ3n) is 4.96. The van der Waals surface area contributed by atoms with Crippen molar-refractivity contribution in [2.24, 2.45) is 0 Å². The monoisotopic (exact) mass is 459 g/mol. The number of carbonyl (C=O) groups excluding carboxylic acids is 4. The highest BCUT2D eigenvalue weighted by Gasteiger charge is 2.29. The van der Waals surface area contributed by atoms with Gasteiger partial charge in [0.05, 0.1) is 17.8 Å². The van der Waals surface area contributed by atoms with Gasteiger partial charge < -0.3 is 15.4 Å². The van der Waals surface area contributed by atoms with E-state index in [-0.39, 0.29) is 13.0 Å². The minimum Gasteiger partial charge on any atom is -0.449 e. The van der Waals surface area contributed by atoms with Crippen LogP contribution in [0.5, 0.6) is 0 Å². The van der Waals surface area contributed by atoms with Crippen molar-refractivity contribution in [2.45, 2.75) is 32.0 Å². The highest BCUT2D eigenvalue weighted by atomic mass is 16.5. The van der Waals surface area contributed by atoms with Gasteiger partial charge in [-0.15, -0.1) is 0 Å². The Kier molecular flexibility index (Phi) is 8.62. The number of pyridine rings is 1. The number of esters is 1. The lowest BCUT2D eigenvalue weighted by molar-refractivity contribution is -0.141. The van der Waals surface area contributed by atoms with E-state index in [9.17, 15) is 19.2 Å². The van der Waals surface area contributed by atoms with Crippen LogP contribution in [0.1, 0.15) is 28.5 Å². The zero-order chi connectivity index (χ0) is 24.3. The molecule has 1 heterocycles. The molecule has 0 spiro atoms. The molecule has 0 aliphatic rings. The first kappa shape index (κ1) is 24.3. The highest BCUT2D eigenvalue weighted by molar-refractivity contribution is 6.38. The molecule has 2 amide bonds. The van der Waals surface area contributed by atoms with E-state index in [2.05, 4.69) is 15.6 Å². The lowest BCUT2D eigenvalue weighted by atomic mass is 10.0. The highest BCUT2D eigenvalue weighted by Crippen LogP contribution is 2.08. The van der Waals surface area contributed by atoms with Gasteiger partial charge in [-0.05, 0) is 36.8 Å². The SMILES string of the molecule is C[C@@H](OC(=O)c1ccccc1)C(=O)N[C@H](Cc1ccccc1)C(=O)C(=O)NCc1ccccn1. The second-order valence-electron chi connectivity index (χ2n) is 7.53. The Balaban J connectivity index is 1.66. The molecule has 0 aliphatic heterocycles. The number of ketones is 1. The van der Waals surface area contributed by atoms with E-state index in [1.807, 2.05) is 6.07 Å². The summed E-state index contributed by atoms with van der Waals surface area (Å²) in [5.41, 5.74) is 1.65. The molecule has 2 N–H and O–H groups in total. The summed E-state index contributed by atoms with van der Waals surface area (Å²) in [4.78, 5) is 54.5. The quantitative estimate of drug-likeness (QED) is 0.355. The first-order chi connectivity index (χ1) is 16.4. The number of carbonyl (C=O) groups is 4. The minimum absolute atomic E-state index is 0.0719. The van der Waals surface area contributed by atoms with Crippen LogP contribution in [0.2, 0.25) is 0 Å². The van der Waals surface area contributed by atoms with Gasteiger partial charge >= 0.3 is 5.97 Å². The van der Waals surface area contributed by atoms with Crippen molar-refractivity contribution in [3.8, 4) is 0 Å². The Hall–Kier alpha value is -4.33. The number of ether oxygens (including phenoxy) is 1. The molecule has 8 heteroatoms. The molecule has 0 radical (unpaired) electrons. The molecule has 2 atom stereocenters. The van der Waals surface area contributed by atoms with Crippen LogP contribution in [0.25, 0.3) is 0 Å². The van der Waals surface area contributed by atoms with Gasteiger partial charge in [0.1, 0.15) is 6.04 Å². The third kappa shape index (κ3) is 7.09. The molecular weight excluding hydrogens is 434 g/mol. The number of rotatable bonds is 10. The van der Waals surface area contributed by atoms with Crippen LogP contribution in [-0.4, -0.2) is 40.7 Å². The number of nitrogens with zero attached hydrogens (tertiary/aromatic N) is 1. The van der Waals surface area contributed by atoms with Crippen molar-refractivity contribution in [1.82, 2.24) is 15.6 Å². The third-order valence-corrected chi connectivity index (χ3v) is 4.96. The molecule has 1 aromatic heterocycles. The van der Waals surface area contributed by atoms with Crippen LogP contribution >= 0.6 is 0 Å². The van der Waals surface area contributed by atoms with Gasteiger partial charge in [-0.3, -0.25) is 19.4 Å². The Labute approximate surface area is 197 Å². The van der Waals surface area contributed by atoms with Gasteiger partial charge in [-0.2, -0.15) is 0 Å². The van der Waals surface area contributed by atoms with E-state index < -0.39 is 35.7 Å². The van der Waals surface area contributed by atoms with E-state index in [0.29, 0.717) is 11.3 Å². The number of Topliss-reactive ketones (excluding diaryl/α,β-unsaturated/α-hetero) is 1. The summed E-state index contributed by atoms with van der Waals surface area (Å²) in [7, 11) is 0. The maximum atomic E-state index is 12.9. The summed E-state index contributed by atoms with van der Waals surface area (Å²) in [6.45, 7) is 1.48. The summed E-state index contributed by atoms with van der Waals surface area (Å²) >= 11 is 0. The zero-order valence-corrected chi connectivity index (χ0v) is 18.6. The van der Waals surface area contributed by atoms with Crippen LogP contribution in [0.4, 0.5) is 0 Å². The predicted octanol–water partition coefficient (Wildman–Crippen LogP) is 2.24. The Morgan fingerprint density at radius 2 is 1.53 bits per heavy atom. The van der Waals surface area contributed by atoms with Gasteiger partial charge in [-0.25, -0.2) is 4.79 Å². The number of amides is 2. The maximum Gasteiger partial charge on any atom is 0.338 e. The average molecular weight is 460 g/mol. The fraction of sp³-hybridized carbons (Fsp3) is 0.192. The molecule has 0 saturated carbocycles. The molecular formula is C26H25N3O5. The summed E-state index contributed by atoms with van der Waals surface area (Å²) in [6.07, 6.45) is 0.511. The van der Waals surface area contributed by atoms with Crippen LogP contribution in [-0.2, 0) is 32.1 Å². The number of aromatic nitrogens is 1. The van der Waals surface area contributed by atoms with Crippen molar-refractivity contribution >= 4 is 23.6 Å². The Morgan fingerprint density at radius 3 is 2.18 bits per heavy atom. The molecule has 0 unspecified atom stereocenters. The maximum absolute atomic E-state index is 12.9. The summed E-state index contributed by atoms with van der Waals surface area (Å²) in [6, 6.07) is 21.3. The molecule has 8 nitrogen and oxygen atoms in total. The lowest BCUT2D eigenvalue weighted by Gasteiger charge is -2.20. The number of benzene rings is 2. The predicted molar refractivity (Wildman–Crippen MR) is 124 cm³/mol. The van der Waals surface area contributed by atoms with Gasteiger partial charge in [-0.1, -0.05) is 54.6 Å². The van der Waals surface area contributed by atoms with E-state index in [1.54, 1.807) is 79.0 Å². The molecule has 0 fully saturated rings. The van der Waals surface area contributed by atoms with Crippen LogP contribution in [0.3, 0.4) is 0 Å². The Morgan fingerprint density at radius 1 is 0.882 bits per heavy atom. The van der Waals surface area contributed by atoms with Gasteiger partial charge in [0, 0.05) is 12.6 Å². The molecule has 0 saturated heterocycles. The number of hydrogen-bond acceptors (Lipinski definition) is 6. The summed E-state index contributed by atoms with van der Waals surface area (Å²) in [5, 5.41) is 5.09. The van der Waals surface area contributed by atoms with E-state index in [0.717, 1.165) is 5.56 Å². The van der Waals surface area contributed by atoms with Crippen molar-refractivity contribution in [1.29, 1.82) is 0 Å². The second-order valence-corrected chi connectivity index (χ2v) is 7.53. The Bertz CT molecular complexity index is 1120. The number of hydrogen-bond donors (Lipinski definition) is 2. The number of nitrogens with one attached hydrogen (secondary N) is 2. The summed E-state index contributed by atoms with van der Waals surface area (Å²) < 4.78 is 5.22. The van der Waals surface area contributed by atoms with Crippen molar-refractivity contribution < 1.29 is 23.9 Å². The van der Waals surface area contributed by atoms with E-state index in [1.165, 1.54) is 6.92 Å². The van der Waals surface area contributed by atoms with Crippen molar-refractivity contribution in [3.05, 3.63) is 102 Å². The molecule has 0 bridgehead atoms. The summed E-state index contributed by atoms with van der Waals surface area (Å²) in [5.74, 6) is -3.01. The topological polar surface area (TPSA) is 114 Å². The normalized spacial score (nSPS) is 12.1. The van der Waals surface area contributed by atoms with Crippen molar-refractivity contribution in [2.75, 3.05) is 0 Å². The minimum atomic E-state index is -1.17. The largest absolute Gasteiger partial charge is 0.449 e. The van der Waals surface area contributed by atoms with E-state index >= 15 is 0 Å². The smallest absolute Gasteiger partial charge is 0.338 e. The van der Waals surface area contributed by atoms with Gasteiger partial charge in [0.25, 0.3) is 11.8 Å². The molecule has 3 rings (SSSR count). The average Bonchev–Trinajstić information content (AvgIpc) is 2.88. The standard InChI is InChI=1S/C26H25N3O5/c1-18(34-26(33)20-12-6-3-7-13-20)24(31)29-22(16-19-10-4-2-5-11-19)23(30)25(32)28-17-21-14-8-9-15-27-21/h2-15,18,22H,16-17H2,1H3,(H,28,32)(H,29,31)/t18-,22-/m1/s1.